The van der Waals surface area contributed by atoms with Crippen LogP contribution in [-0.2, 0) is 9.59 Å². The van der Waals surface area contributed by atoms with E-state index in [0.29, 0.717) is 5.69 Å². The van der Waals surface area contributed by atoms with Crippen molar-refractivity contribution in [2.75, 3.05) is 5.32 Å². The summed E-state index contributed by atoms with van der Waals surface area (Å²) in [6.45, 7) is 0. The number of benzene rings is 2. The topological polar surface area (TPSA) is 95.2 Å². The molecule has 1 amide bonds. The summed E-state index contributed by atoms with van der Waals surface area (Å²) >= 11 is 0. The molecule has 5 nitrogen and oxygen atoms in total. The van der Waals surface area contributed by atoms with E-state index in [4.69, 9.17) is 5.73 Å². The molecule has 0 spiro atoms. The van der Waals surface area contributed by atoms with Crippen LogP contribution in [0.4, 0.5) is 5.69 Å². The standard InChI is InChI=1S/C14H14N2O3/c15-12(8-13(17)18)14(19)16-11-6-5-9-3-1-2-4-10(9)7-11/h1-7,12H,8,15H2,(H,16,19)(H,17,18)/p-1/t12-/m0/s1. The number of carbonyl (C=O) groups is 2. The highest BCUT2D eigenvalue weighted by molar-refractivity contribution is 5.98. The molecule has 1 atom stereocenters. The van der Waals surface area contributed by atoms with Gasteiger partial charge < -0.3 is 21.0 Å². The third-order valence-electron chi connectivity index (χ3n) is 2.74. The van der Waals surface area contributed by atoms with E-state index in [0.717, 1.165) is 10.8 Å². The molecule has 0 fully saturated rings. The highest BCUT2D eigenvalue weighted by Gasteiger charge is 2.13. The second-order valence-electron chi connectivity index (χ2n) is 4.23. The molecule has 0 aliphatic rings. The molecule has 2 aromatic rings. The van der Waals surface area contributed by atoms with Gasteiger partial charge in [-0.05, 0) is 22.9 Å². The highest BCUT2D eigenvalue weighted by atomic mass is 16.4. The van der Waals surface area contributed by atoms with Gasteiger partial charge in [-0.25, -0.2) is 0 Å². The molecule has 0 heterocycles. The van der Waals surface area contributed by atoms with Crippen LogP contribution in [0.25, 0.3) is 10.8 Å². The highest BCUT2D eigenvalue weighted by Crippen LogP contribution is 2.18. The molecule has 3 N–H and O–H groups in total. The lowest BCUT2D eigenvalue weighted by Gasteiger charge is -2.13. The predicted molar refractivity (Wildman–Crippen MR) is 70.2 cm³/mol. The molecule has 98 valence electrons. The lowest BCUT2D eigenvalue weighted by molar-refractivity contribution is -0.305. The van der Waals surface area contributed by atoms with Crippen LogP contribution in [0.3, 0.4) is 0 Å². The SMILES string of the molecule is N[C@@H](CC(=O)[O-])C(=O)Nc1ccc2ccccc2c1. The molecule has 0 unspecified atom stereocenters. The molecular weight excluding hydrogens is 244 g/mol. The van der Waals surface area contributed by atoms with Crippen molar-refractivity contribution in [1.82, 2.24) is 0 Å². The fourth-order valence-electron chi connectivity index (χ4n) is 1.77. The lowest BCUT2D eigenvalue weighted by Crippen LogP contribution is -2.40. The lowest BCUT2D eigenvalue weighted by atomic mass is 10.1. The van der Waals surface area contributed by atoms with Crippen LogP contribution >= 0.6 is 0 Å². The minimum atomic E-state index is -1.35. The van der Waals surface area contributed by atoms with Gasteiger partial charge in [0.15, 0.2) is 0 Å². The first-order chi connectivity index (χ1) is 9.06. The summed E-state index contributed by atoms with van der Waals surface area (Å²) in [6.07, 6.45) is -0.501. The zero-order valence-electron chi connectivity index (χ0n) is 10.1. The van der Waals surface area contributed by atoms with Crippen LogP contribution < -0.4 is 16.2 Å². The molecule has 2 aromatic carbocycles. The van der Waals surface area contributed by atoms with Gasteiger partial charge in [-0.15, -0.1) is 0 Å². The quantitative estimate of drug-likeness (QED) is 0.820. The number of anilines is 1. The zero-order chi connectivity index (χ0) is 13.8. The Kier molecular flexibility index (Phi) is 3.77. The van der Waals surface area contributed by atoms with Gasteiger partial charge in [0.05, 0.1) is 6.04 Å². The Morgan fingerprint density at radius 2 is 1.84 bits per heavy atom. The third-order valence-corrected chi connectivity index (χ3v) is 2.74. The van der Waals surface area contributed by atoms with Crippen molar-refractivity contribution < 1.29 is 14.7 Å². The Morgan fingerprint density at radius 1 is 1.16 bits per heavy atom. The van der Waals surface area contributed by atoms with Gasteiger partial charge in [-0.1, -0.05) is 30.3 Å². The summed E-state index contributed by atoms with van der Waals surface area (Å²) in [7, 11) is 0. The second kappa shape index (κ2) is 5.49. The van der Waals surface area contributed by atoms with Gasteiger partial charge in [-0.3, -0.25) is 4.79 Å². The summed E-state index contributed by atoms with van der Waals surface area (Å²) in [5.74, 6) is -1.89. The first-order valence-corrected chi connectivity index (χ1v) is 5.81. The number of hydrogen-bond acceptors (Lipinski definition) is 4. The van der Waals surface area contributed by atoms with Crippen molar-refractivity contribution in [2.24, 2.45) is 5.73 Å². The number of nitrogens with one attached hydrogen (secondary N) is 1. The van der Waals surface area contributed by atoms with Crippen LogP contribution in [0.2, 0.25) is 0 Å². The molecular formula is C14H13N2O3-. The Balaban J connectivity index is 2.12. The Morgan fingerprint density at radius 3 is 2.53 bits per heavy atom. The van der Waals surface area contributed by atoms with Crippen molar-refractivity contribution in [1.29, 1.82) is 0 Å². The molecule has 0 saturated carbocycles. The number of aliphatic carboxylic acids is 1. The largest absolute Gasteiger partial charge is 0.550 e. The average Bonchev–Trinajstić information content (AvgIpc) is 2.37. The molecule has 0 aliphatic carbocycles. The number of fused-ring (bicyclic) bond motifs is 1. The van der Waals surface area contributed by atoms with Crippen LogP contribution in [0.15, 0.2) is 42.5 Å². The van der Waals surface area contributed by atoms with Gasteiger partial charge in [-0.2, -0.15) is 0 Å². The predicted octanol–water partition coefficient (Wildman–Crippen LogP) is 0.246. The molecule has 5 heteroatoms. The fourth-order valence-corrected chi connectivity index (χ4v) is 1.77. The molecule has 0 saturated heterocycles. The van der Waals surface area contributed by atoms with E-state index in [1.807, 2.05) is 30.3 Å². The maximum absolute atomic E-state index is 11.7. The number of carboxylic acid groups (broad SMARTS) is 1. The maximum Gasteiger partial charge on any atom is 0.241 e. The van der Waals surface area contributed by atoms with E-state index in [9.17, 15) is 14.7 Å². The number of hydrogen-bond donors (Lipinski definition) is 2. The van der Waals surface area contributed by atoms with Gasteiger partial charge in [0.25, 0.3) is 0 Å². The van der Waals surface area contributed by atoms with Crippen LogP contribution in [0.1, 0.15) is 6.42 Å². The Labute approximate surface area is 110 Å². The number of carboxylic acids is 1. The van der Waals surface area contributed by atoms with Gasteiger partial charge >= 0.3 is 0 Å². The Bertz CT molecular complexity index is 625. The normalized spacial score (nSPS) is 12.1. The first-order valence-electron chi connectivity index (χ1n) is 5.81. The summed E-state index contributed by atoms with van der Waals surface area (Å²) < 4.78 is 0. The monoisotopic (exact) mass is 257 g/mol. The summed E-state index contributed by atoms with van der Waals surface area (Å²) in [5, 5.41) is 15.0. The van der Waals surface area contributed by atoms with Gasteiger partial charge in [0.1, 0.15) is 0 Å². The number of rotatable bonds is 4. The summed E-state index contributed by atoms with van der Waals surface area (Å²) in [6, 6.07) is 12.0. The molecule has 2 rings (SSSR count). The van der Waals surface area contributed by atoms with Crippen molar-refractivity contribution in [2.45, 2.75) is 12.5 Å². The van der Waals surface area contributed by atoms with Gasteiger partial charge in [0, 0.05) is 18.1 Å². The number of carbonyl (C=O) groups excluding carboxylic acids is 2. The van der Waals surface area contributed by atoms with Gasteiger partial charge in [0.2, 0.25) is 5.91 Å². The number of nitrogens with two attached hydrogens (primary N) is 1. The summed E-state index contributed by atoms with van der Waals surface area (Å²) in [5.41, 5.74) is 6.03. The number of amides is 1. The van der Waals surface area contributed by atoms with E-state index < -0.39 is 24.3 Å². The summed E-state index contributed by atoms with van der Waals surface area (Å²) in [4.78, 5) is 22.0. The van der Waals surface area contributed by atoms with Crippen LogP contribution in [-0.4, -0.2) is 17.9 Å². The fraction of sp³-hybridized carbons (Fsp3) is 0.143. The minimum absolute atomic E-state index is 0.501. The molecule has 19 heavy (non-hydrogen) atoms. The van der Waals surface area contributed by atoms with E-state index in [1.54, 1.807) is 12.1 Å². The first kappa shape index (κ1) is 13.0. The third kappa shape index (κ3) is 3.29. The second-order valence-corrected chi connectivity index (χ2v) is 4.23. The van der Waals surface area contributed by atoms with Crippen LogP contribution in [0, 0.1) is 0 Å². The van der Waals surface area contributed by atoms with E-state index in [1.165, 1.54) is 0 Å². The van der Waals surface area contributed by atoms with E-state index in [-0.39, 0.29) is 0 Å². The van der Waals surface area contributed by atoms with Crippen molar-refractivity contribution in [3.05, 3.63) is 42.5 Å². The van der Waals surface area contributed by atoms with Crippen LogP contribution in [0.5, 0.6) is 0 Å². The molecule has 0 aromatic heterocycles. The molecule has 0 bridgehead atoms. The van der Waals surface area contributed by atoms with E-state index >= 15 is 0 Å². The Hall–Kier alpha value is -2.40. The minimum Gasteiger partial charge on any atom is -0.550 e. The maximum atomic E-state index is 11.7. The smallest absolute Gasteiger partial charge is 0.241 e. The molecule has 0 aliphatic heterocycles. The average molecular weight is 257 g/mol. The van der Waals surface area contributed by atoms with Crippen molar-refractivity contribution >= 4 is 28.3 Å². The molecule has 0 radical (unpaired) electrons. The van der Waals surface area contributed by atoms with Crippen molar-refractivity contribution in [3.63, 3.8) is 0 Å². The van der Waals surface area contributed by atoms with Crippen molar-refractivity contribution in [3.8, 4) is 0 Å². The zero-order valence-corrected chi connectivity index (χ0v) is 10.1. The van der Waals surface area contributed by atoms with E-state index in [2.05, 4.69) is 5.32 Å².